The smallest absolute Gasteiger partial charge is 0.238 e. The van der Waals surface area contributed by atoms with E-state index < -0.39 is 0 Å². The van der Waals surface area contributed by atoms with E-state index in [-0.39, 0.29) is 35.5 Å². The van der Waals surface area contributed by atoms with Crippen LogP contribution in [0.15, 0.2) is 30.4 Å². The van der Waals surface area contributed by atoms with E-state index in [9.17, 15) is 9.59 Å². The van der Waals surface area contributed by atoms with Crippen LogP contribution in [0.2, 0.25) is 10.0 Å². The molecule has 1 aromatic rings. The van der Waals surface area contributed by atoms with Gasteiger partial charge in [-0.15, -0.1) is 0 Å². The number of anilines is 1. The monoisotopic (exact) mass is 307 g/mol. The summed E-state index contributed by atoms with van der Waals surface area (Å²) in [5.41, 5.74) is 0.478. The Labute approximate surface area is 126 Å². The summed E-state index contributed by atoms with van der Waals surface area (Å²) in [7, 11) is 0. The average molecular weight is 308 g/mol. The Bertz CT molecular complexity index is 620. The standard InChI is InChI=1S/C15H11Cl2NO2/c16-9-4-10(17)6-11(5-9)18-14(19)12-7-1-2-8(3-7)13(12)15(18)20/h1-2,4-8,12-13H,3H2/t7-,8+,12+,13-. The van der Waals surface area contributed by atoms with Crippen LogP contribution in [-0.4, -0.2) is 11.8 Å². The van der Waals surface area contributed by atoms with Gasteiger partial charge in [-0.3, -0.25) is 9.59 Å². The summed E-state index contributed by atoms with van der Waals surface area (Å²) in [5, 5.41) is 0.845. The molecule has 0 spiro atoms. The van der Waals surface area contributed by atoms with Crippen LogP contribution in [0.1, 0.15) is 6.42 Å². The molecule has 0 radical (unpaired) electrons. The molecule has 2 fully saturated rings. The summed E-state index contributed by atoms with van der Waals surface area (Å²) >= 11 is 11.9. The Balaban J connectivity index is 1.78. The number of hydrogen-bond acceptors (Lipinski definition) is 2. The van der Waals surface area contributed by atoms with E-state index in [0.717, 1.165) is 6.42 Å². The van der Waals surface area contributed by atoms with Gasteiger partial charge < -0.3 is 0 Å². The second kappa shape index (κ2) is 4.09. The molecule has 5 heteroatoms. The minimum Gasteiger partial charge on any atom is -0.274 e. The lowest BCUT2D eigenvalue weighted by Crippen LogP contribution is -2.32. The molecule has 0 N–H and O–H groups in total. The fourth-order valence-corrected chi connectivity index (χ4v) is 4.34. The summed E-state index contributed by atoms with van der Waals surface area (Å²) in [6.45, 7) is 0. The van der Waals surface area contributed by atoms with E-state index in [1.54, 1.807) is 18.2 Å². The van der Waals surface area contributed by atoms with Gasteiger partial charge in [0.05, 0.1) is 17.5 Å². The molecule has 2 aliphatic carbocycles. The maximum Gasteiger partial charge on any atom is 0.238 e. The number of nitrogens with zero attached hydrogens (tertiary/aromatic N) is 1. The Morgan fingerprint density at radius 2 is 1.40 bits per heavy atom. The topological polar surface area (TPSA) is 37.4 Å². The number of halogens is 2. The Hall–Kier alpha value is -1.32. The van der Waals surface area contributed by atoms with Crippen molar-refractivity contribution in [3.05, 3.63) is 40.4 Å². The summed E-state index contributed by atoms with van der Waals surface area (Å²) in [4.78, 5) is 26.5. The van der Waals surface area contributed by atoms with Gasteiger partial charge >= 0.3 is 0 Å². The van der Waals surface area contributed by atoms with Crippen molar-refractivity contribution in [1.29, 1.82) is 0 Å². The first-order valence-corrected chi connectivity index (χ1v) is 7.34. The van der Waals surface area contributed by atoms with Crippen LogP contribution >= 0.6 is 23.2 Å². The van der Waals surface area contributed by atoms with Crippen molar-refractivity contribution in [3.8, 4) is 0 Å². The molecule has 0 unspecified atom stereocenters. The molecule has 102 valence electrons. The zero-order valence-corrected chi connectivity index (χ0v) is 11.9. The van der Waals surface area contributed by atoms with Crippen LogP contribution in [0, 0.1) is 23.7 Å². The number of benzene rings is 1. The van der Waals surface area contributed by atoms with E-state index in [0.29, 0.717) is 15.7 Å². The molecule has 2 amide bonds. The molecule has 20 heavy (non-hydrogen) atoms. The molecule has 0 aromatic heterocycles. The second-order valence-corrected chi connectivity index (χ2v) is 6.51. The third kappa shape index (κ3) is 1.54. The molecular formula is C15H11Cl2NO2. The highest BCUT2D eigenvalue weighted by Gasteiger charge is 2.59. The highest BCUT2D eigenvalue weighted by molar-refractivity contribution is 6.35. The number of hydrogen-bond donors (Lipinski definition) is 0. The summed E-state index contributed by atoms with van der Waals surface area (Å²) < 4.78 is 0. The first-order valence-electron chi connectivity index (χ1n) is 6.58. The predicted molar refractivity (Wildman–Crippen MR) is 76.7 cm³/mol. The number of allylic oxidation sites excluding steroid dienone is 2. The number of carbonyl (C=O) groups is 2. The number of rotatable bonds is 1. The van der Waals surface area contributed by atoms with Crippen LogP contribution < -0.4 is 4.90 Å². The highest BCUT2D eigenvalue weighted by Crippen LogP contribution is 2.53. The molecular weight excluding hydrogens is 297 g/mol. The average Bonchev–Trinajstić information content (AvgIpc) is 3.02. The van der Waals surface area contributed by atoms with Gasteiger partial charge in [0, 0.05) is 10.0 Å². The minimum absolute atomic E-state index is 0.116. The summed E-state index contributed by atoms with van der Waals surface area (Å²) in [6.07, 6.45) is 5.08. The van der Waals surface area contributed by atoms with Crippen molar-refractivity contribution in [1.82, 2.24) is 0 Å². The van der Waals surface area contributed by atoms with Gasteiger partial charge in [0.25, 0.3) is 0 Å². The minimum atomic E-state index is -0.199. The van der Waals surface area contributed by atoms with Crippen molar-refractivity contribution in [2.45, 2.75) is 6.42 Å². The third-order valence-electron chi connectivity index (χ3n) is 4.58. The molecule has 2 bridgehead atoms. The molecule has 1 saturated carbocycles. The van der Waals surface area contributed by atoms with Crippen LogP contribution in [0.4, 0.5) is 5.69 Å². The molecule has 3 aliphatic rings. The van der Waals surface area contributed by atoms with Gasteiger partial charge in [0.2, 0.25) is 11.8 Å². The number of imide groups is 1. The van der Waals surface area contributed by atoms with Crippen molar-refractivity contribution >= 4 is 40.7 Å². The molecule has 1 aromatic carbocycles. The van der Waals surface area contributed by atoms with Crippen LogP contribution in [-0.2, 0) is 9.59 Å². The normalized spacial score (nSPS) is 34.2. The first kappa shape index (κ1) is 12.4. The van der Waals surface area contributed by atoms with E-state index in [1.807, 2.05) is 0 Å². The Morgan fingerprint density at radius 3 is 1.90 bits per heavy atom. The molecule has 1 aliphatic heterocycles. The maximum atomic E-state index is 12.6. The zero-order chi connectivity index (χ0) is 14.0. The number of fused-ring (bicyclic) bond motifs is 5. The van der Waals surface area contributed by atoms with E-state index in [4.69, 9.17) is 23.2 Å². The van der Waals surface area contributed by atoms with Crippen molar-refractivity contribution in [3.63, 3.8) is 0 Å². The van der Waals surface area contributed by atoms with Gasteiger partial charge in [-0.2, -0.15) is 0 Å². The summed E-state index contributed by atoms with van der Waals surface area (Å²) in [6, 6.07) is 4.81. The molecule has 4 rings (SSSR count). The molecule has 4 atom stereocenters. The third-order valence-corrected chi connectivity index (χ3v) is 5.01. The fraction of sp³-hybridized carbons (Fsp3) is 0.333. The number of amides is 2. The van der Waals surface area contributed by atoms with Crippen molar-refractivity contribution in [2.75, 3.05) is 4.90 Å². The highest BCUT2D eigenvalue weighted by atomic mass is 35.5. The molecule has 1 saturated heterocycles. The largest absolute Gasteiger partial charge is 0.274 e. The lowest BCUT2D eigenvalue weighted by atomic mass is 9.85. The van der Waals surface area contributed by atoms with E-state index >= 15 is 0 Å². The SMILES string of the molecule is O=C1[C@@H]2[C@H](C(=O)N1c1cc(Cl)cc(Cl)c1)[C@H]1C=C[C@@H]2C1. The van der Waals surface area contributed by atoms with Crippen molar-refractivity contribution in [2.24, 2.45) is 23.7 Å². The lowest BCUT2D eigenvalue weighted by Gasteiger charge is -2.17. The lowest BCUT2D eigenvalue weighted by molar-refractivity contribution is -0.123. The van der Waals surface area contributed by atoms with Crippen LogP contribution in [0.3, 0.4) is 0 Å². The Kier molecular flexibility index (Phi) is 2.54. The summed E-state index contributed by atoms with van der Waals surface area (Å²) in [5.74, 6) is -0.210. The quantitative estimate of drug-likeness (QED) is 0.589. The fourth-order valence-electron chi connectivity index (χ4n) is 3.83. The van der Waals surface area contributed by atoms with Crippen LogP contribution in [0.25, 0.3) is 0 Å². The predicted octanol–water partition coefficient (Wildman–Crippen LogP) is 3.30. The van der Waals surface area contributed by atoms with Gasteiger partial charge in [0.1, 0.15) is 0 Å². The van der Waals surface area contributed by atoms with E-state index in [1.165, 1.54) is 4.90 Å². The zero-order valence-electron chi connectivity index (χ0n) is 10.4. The van der Waals surface area contributed by atoms with Crippen molar-refractivity contribution < 1.29 is 9.59 Å². The van der Waals surface area contributed by atoms with Crippen LogP contribution in [0.5, 0.6) is 0 Å². The number of carbonyl (C=O) groups excluding carboxylic acids is 2. The van der Waals surface area contributed by atoms with E-state index in [2.05, 4.69) is 12.2 Å². The Morgan fingerprint density at radius 1 is 0.900 bits per heavy atom. The molecule has 1 heterocycles. The maximum absolute atomic E-state index is 12.6. The van der Waals surface area contributed by atoms with Gasteiger partial charge in [-0.05, 0) is 36.5 Å². The molecule has 3 nitrogen and oxygen atoms in total. The first-order chi connectivity index (χ1) is 9.56. The van der Waals surface area contributed by atoms with Gasteiger partial charge in [-0.25, -0.2) is 4.90 Å². The van der Waals surface area contributed by atoms with Gasteiger partial charge in [-0.1, -0.05) is 35.4 Å². The van der Waals surface area contributed by atoms with Gasteiger partial charge in [0.15, 0.2) is 0 Å². The second-order valence-electron chi connectivity index (χ2n) is 5.64.